The molecule has 0 radical (unpaired) electrons. The van der Waals surface area contributed by atoms with Crippen LogP contribution in [0.2, 0.25) is 0 Å². The molecule has 0 aliphatic carbocycles. The Morgan fingerprint density at radius 1 is 0.935 bits per heavy atom. The summed E-state index contributed by atoms with van der Waals surface area (Å²) < 4.78 is 16.9. The molecule has 1 N–H and O–H groups in total. The van der Waals surface area contributed by atoms with E-state index in [0.29, 0.717) is 17.3 Å². The van der Waals surface area contributed by atoms with Crippen LogP contribution in [0.1, 0.15) is 5.69 Å². The van der Waals surface area contributed by atoms with Crippen molar-refractivity contribution in [2.45, 2.75) is 10.1 Å². The van der Waals surface area contributed by atoms with Crippen LogP contribution >= 0.6 is 34.4 Å². The molecule has 0 atom stereocenters. The third-order valence-electron chi connectivity index (χ3n) is 4.28. The highest BCUT2D eigenvalue weighted by atomic mass is 32.2. The summed E-state index contributed by atoms with van der Waals surface area (Å²) in [7, 11) is 4.90. The molecule has 0 spiro atoms. The quantitative estimate of drug-likeness (QED) is 0.310. The average Bonchev–Trinajstić information content (AvgIpc) is 3.47. The van der Waals surface area contributed by atoms with Gasteiger partial charge in [-0.05, 0) is 30.3 Å². The van der Waals surface area contributed by atoms with Gasteiger partial charge in [0.2, 0.25) is 5.13 Å². The number of nitrogens with one attached hydrogen (secondary N) is 1. The van der Waals surface area contributed by atoms with E-state index in [1.807, 2.05) is 42.5 Å². The average molecular weight is 473 g/mol. The molecule has 4 aromatic rings. The second-order valence-corrected chi connectivity index (χ2v) is 9.26. The molecule has 0 saturated carbocycles. The molecule has 0 bridgehead atoms. The van der Waals surface area contributed by atoms with Crippen molar-refractivity contribution in [3.05, 3.63) is 53.5 Å². The van der Waals surface area contributed by atoms with Crippen LogP contribution in [-0.2, 0) is 5.75 Å². The van der Waals surface area contributed by atoms with Crippen LogP contribution in [-0.4, -0.2) is 36.5 Å². The van der Waals surface area contributed by atoms with Crippen LogP contribution in [0.25, 0.3) is 10.6 Å². The molecular weight excluding hydrogens is 452 g/mol. The third kappa shape index (κ3) is 5.09. The van der Waals surface area contributed by atoms with Crippen LogP contribution in [0.15, 0.2) is 52.2 Å². The lowest BCUT2D eigenvalue weighted by molar-refractivity contribution is 0.355. The number of hydrogen-bond donors (Lipinski definition) is 1. The van der Waals surface area contributed by atoms with E-state index >= 15 is 0 Å². The summed E-state index contributed by atoms with van der Waals surface area (Å²) in [6.07, 6.45) is 0. The van der Waals surface area contributed by atoms with E-state index in [0.717, 1.165) is 37.2 Å². The summed E-state index contributed by atoms with van der Waals surface area (Å²) in [5.74, 6) is 2.87. The minimum Gasteiger partial charge on any atom is -0.495 e. The lowest BCUT2D eigenvalue weighted by Gasteiger charge is -2.08. The first-order valence-corrected chi connectivity index (χ1v) is 11.9. The van der Waals surface area contributed by atoms with Crippen LogP contribution in [0.4, 0.5) is 10.8 Å². The number of anilines is 2. The summed E-state index contributed by atoms with van der Waals surface area (Å²) >= 11 is 4.71. The fraction of sp³-hybridized carbons (Fsp3) is 0.190. The van der Waals surface area contributed by atoms with Gasteiger partial charge in [0.1, 0.15) is 10.8 Å². The first-order valence-electron chi connectivity index (χ1n) is 9.23. The molecular formula is C21H20N4O3S3. The standard InChI is InChI=1S/C21H20N4O3S3/c1-26-16-7-5-4-6-15(16)23-20-24-25-21(31-20)30-12-14-11-29-19(22-14)13-8-9-17(27-2)18(10-13)28-3/h4-11H,12H2,1-3H3,(H,23,24). The number of benzene rings is 2. The number of thioether (sulfide) groups is 1. The zero-order valence-electron chi connectivity index (χ0n) is 17.1. The van der Waals surface area contributed by atoms with Crippen molar-refractivity contribution < 1.29 is 14.2 Å². The molecule has 2 aromatic heterocycles. The summed E-state index contributed by atoms with van der Waals surface area (Å²) in [6, 6.07) is 13.5. The minimum absolute atomic E-state index is 0.690. The second-order valence-electron chi connectivity index (χ2n) is 6.20. The van der Waals surface area contributed by atoms with Crippen LogP contribution in [0.5, 0.6) is 17.2 Å². The van der Waals surface area contributed by atoms with Gasteiger partial charge in [0.05, 0.1) is 32.7 Å². The van der Waals surface area contributed by atoms with Gasteiger partial charge in [-0.1, -0.05) is 35.2 Å². The molecule has 0 aliphatic heterocycles. The molecule has 2 aromatic carbocycles. The smallest absolute Gasteiger partial charge is 0.210 e. The fourth-order valence-corrected chi connectivity index (χ4v) is 5.37. The Bertz CT molecular complexity index is 1160. The second kappa shape index (κ2) is 9.99. The summed E-state index contributed by atoms with van der Waals surface area (Å²) in [5.41, 5.74) is 2.85. The zero-order valence-corrected chi connectivity index (χ0v) is 19.6. The molecule has 31 heavy (non-hydrogen) atoms. The van der Waals surface area contributed by atoms with E-state index in [2.05, 4.69) is 20.9 Å². The number of ether oxygens (including phenoxy) is 3. The van der Waals surface area contributed by atoms with Crippen molar-refractivity contribution in [1.29, 1.82) is 0 Å². The molecule has 4 rings (SSSR count). The Balaban J connectivity index is 1.39. The number of para-hydroxylation sites is 2. The predicted molar refractivity (Wildman–Crippen MR) is 126 cm³/mol. The van der Waals surface area contributed by atoms with Gasteiger partial charge in [-0.15, -0.1) is 21.5 Å². The van der Waals surface area contributed by atoms with Gasteiger partial charge in [0.15, 0.2) is 15.8 Å². The molecule has 7 nitrogen and oxygen atoms in total. The minimum atomic E-state index is 0.690. The molecule has 160 valence electrons. The highest BCUT2D eigenvalue weighted by molar-refractivity contribution is 8.00. The number of nitrogens with zero attached hydrogens (tertiary/aromatic N) is 3. The Labute approximate surface area is 192 Å². The maximum absolute atomic E-state index is 5.39. The topological polar surface area (TPSA) is 78.4 Å². The third-order valence-corrected chi connectivity index (χ3v) is 7.23. The van der Waals surface area contributed by atoms with E-state index in [4.69, 9.17) is 19.2 Å². The summed E-state index contributed by atoms with van der Waals surface area (Å²) in [4.78, 5) is 4.75. The number of rotatable bonds is 9. The van der Waals surface area contributed by atoms with Crippen molar-refractivity contribution in [3.63, 3.8) is 0 Å². The molecule has 0 unspecified atom stereocenters. The highest BCUT2D eigenvalue weighted by Gasteiger charge is 2.12. The van der Waals surface area contributed by atoms with Gasteiger partial charge in [-0.2, -0.15) is 0 Å². The van der Waals surface area contributed by atoms with E-state index in [9.17, 15) is 0 Å². The Morgan fingerprint density at radius 3 is 2.55 bits per heavy atom. The maximum Gasteiger partial charge on any atom is 0.210 e. The van der Waals surface area contributed by atoms with E-state index in [1.54, 1.807) is 44.4 Å². The van der Waals surface area contributed by atoms with Gasteiger partial charge >= 0.3 is 0 Å². The van der Waals surface area contributed by atoms with Crippen LogP contribution in [0, 0.1) is 0 Å². The Hall–Kier alpha value is -2.82. The van der Waals surface area contributed by atoms with Crippen molar-refractivity contribution in [2.24, 2.45) is 0 Å². The van der Waals surface area contributed by atoms with Gasteiger partial charge < -0.3 is 19.5 Å². The first-order chi connectivity index (χ1) is 15.2. The van der Waals surface area contributed by atoms with E-state index < -0.39 is 0 Å². The molecule has 0 aliphatic rings. The monoisotopic (exact) mass is 472 g/mol. The van der Waals surface area contributed by atoms with Gasteiger partial charge in [0.25, 0.3) is 0 Å². The molecule has 0 fully saturated rings. The van der Waals surface area contributed by atoms with Gasteiger partial charge in [-0.25, -0.2) is 4.98 Å². The Morgan fingerprint density at radius 2 is 1.74 bits per heavy atom. The number of hydrogen-bond acceptors (Lipinski definition) is 10. The van der Waals surface area contributed by atoms with Gasteiger partial charge in [-0.3, -0.25) is 0 Å². The zero-order chi connectivity index (χ0) is 21.6. The van der Waals surface area contributed by atoms with Crippen LogP contribution in [0.3, 0.4) is 0 Å². The molecule has 0 amide bonds. The number of methoxy groups -OCH3 is 3. The van der Waals surface area contributed by atoms with Gasteiger partial charge in [0, 0.05) is 16.7 Å². The maximum atomic E-state index is 5.39. The highest BCUT2D eigenvalue weighted by Crippen LogP contribution is 2.35. The van der Waals surface area contributed by atoms with Crippen molar-refractivity contribution in [3.8, 4) is 27.8 Å². The molecule has 2 heterocycles. The van der Waals surface area contributed by atoms with Crippen molar-refractivity contribution >= 4 is 45.3 Å². The summed E-state index contributed by atoms with van der Waals surface area (Å²) in [6.45, 7) is 0. The Kier molecular flexibility index (Phi) is 6.90. The largest absolute Gasteiger partial charge is 0.495 e. The lowest BCUT2D eigenvalue weighted by Crippen LogP contribution is -1.93. The van der Waals surface area contributed by atoms with Crippen molar-refractivity contribution in [2.75, 3.05) is 26.6 Å². The summed E-state index contributed by atoms with van der Waals surface area (Å²) in [5, 5.41) is 15.5. The van der Waals surface area contributed by atoms with Crippen LogP contribution < -0.4 is 19.5 Å². The lowest BCUT2D eigenvalue weighted by atomic mass is 10.2. The first kappa shape index (κ1) is 21.4. The molecule has 0 saturated heterocycles. The predicted octanol–water partition coefficient (Wildman–Crippen LogP) is 5.72. The number of thiazole rings is 1. The molecule has 10 heteroatoms. The van der Waals surface area contributed by atoms with E-state index in [1.165, 1.54) is 11.3 Å². The van der Waals surface area contributed by atoms with Crippen molar-refractivity contribution in [1.82, 2.24) is 15.2 Å². The normalized spacial score (nSPS) is 10.7. The SMILES string of the molecule is COc1ccccc1Nc1nnc(SCc2csc(-c3ccc(OC)c(OC)c3)n2)s1. The number of aromatic nitrogens is 3. The van der Waals surface area contributed by atoms with E-state index in [-0.39, 0.29) is 0 Å². The fourth-order valence-electron chi connectivity index (χ4n) is 2.79.